The number of hydrogen-bond acceptors (Lipinski definition) is 3. The molecule has 2 atom stereocenters. The van der Waals surface area contributed by atoms with Crippen LogP contribution in [0.25, 0.3) is 0 Å². The van der Waals surface area contributed by atoms with Crippen molar-refractivity contribution in [1.29, 1.82) is 0 Å². The van der Waals surface area contributed by atoms with Crippen molar-refractivity contribution in [2.75, 3.05) is 26.8 Å². The summed E-state index contributed by atoms with van der Waals surface area (Å²) in [6, 6.07) is 8.74. The molecule has 5 heteroatoms. The summed E-state index contributed by atoms with van der Waals surface area (Å²) < 4.78 is 5.50. The summed E-state index contributed by atoms with van der Waals surface area (Å²) in [5.74, 6) is 0.239. The largest absolute Gasteiger partial charge is 0.380 e. The SMILES string of the molecule is CN(C1CCC(=O)N(Cc2ccccc2Cl)CC1)C1CCOC1. The van der Waals surface area contributed by atoms with Crippen molar-refractivity contribution in [3.8, 4) is 0 Å². The lowest BCUT2D eigenvalue weighted by Gasteiger charge is -2.31. The first-order valence-corrected chi connectivity index (χ1v) is 8.84. The smallest absolute Gasteiger partial charge is 0.222 e. The van der Waals surface area contributed by atoms with Crippen LogP contribution in [0.2, 0.25) is 5.02 Å². The maximum Gasteiger partial charge on any atom is 0.222 e. The zero-order chi connectivity index (χ0) is 16.2. The molecular formula is C18H25ClN2O2. The van der Waals surface area contributed by atoms with Crippen molar-refractivity contribution in [2.45, 2.75) is 44.3 Å². The molecule has 23 heavy (non-hydrogen) atoms. The van der Waals surface area contributed by atoms with Crippen molar-refractivity contribution in [1.82, 2.24) is 9.80 Å². The second-order valence-corrected chi connectivity index (χ2v) is 6.98. The number of likely N-dealkylation sites (N-methyl/N-ethyl adjacent to an activating group) is 1. The Bertz CT molecular complexity index is 546. The molecular weight excluding hydrogens is 312 g/mol. The van der Waals surface area contributed by atoms with Gasteiger partial charge < -0.3 is 9.64 Å². The summed E-state index contributed by atoms with van der Waals surface area (Å²) in [5, 5.41) is 0.737. The van der Waals surface area contributed by atoms with Gasteiger partial charge in [0.15, 0.2) is 0 Å². The zero-order valence-corrected chi connectivity index (χ0v) is 14.5. The monoisotopic (exact) mass is 336 g/mol. The Labute approximate surface area is 143 Å². The van der Waals surface area contributed by atoms with Crippen molar-refractivity contribution in [2.24, 2.45) is 0 Å². The van der Waals surface area contributed by atoms with Gasteiger partial charge in [-0.1, -0.05) is 29.8 Å². The average Bonchev–Trinajstić information content (AvgIpc) is 3.03. The number of likely N-dealkylation sites (tertiary alicyclic amines) is 1. The van der Waals surface area contributed by atoms with E-state index in [2.05, 4.69) is 11.9 Å². The molecule has 0 aromatic heterocycles. The average molecular weight is 337 g/mol. The van der Waals surface area contributed by atoms with E-state index in [0.717, 1.165) is 49.6 Å². The molecule has 1 aromatic rings. The van der Waals surface area contributed by atoms with Gasteiger partial charge in [-0.15, -0.1) is 0 Å². The predicted octanol–water partition coefficient (Wildman–Crippen LogP) is 2.94. The van der Waals surface area contributed by atoms with Crippen molar-refractivity contribution < 1.29 is 9.53 Å². The number of halogens is 1. The maximum absolute atomic E-state index is 12.5. The van der Waals surface area contributed by atoms with Gasteiger partial charge in [0.05, 0.1) is 6.61 Å². The molecule has 2 heterocycles. The van der Waals surface area contributed by atoms with E-state index in [-0.39, 0.29) is 5.91 Å². The minimum absolute atomic E-state index is 0.239. The molecule has 0 saturated carbocycles. The van der Waals surface area contributed by atoms with E-state index in [9.17, 15) is 4.79 Å². The Morgan fingerprint density at radius 1 is 1.26 bits per heavy atom. The Balaban J connectivity index is 1.62. The number of amides is 1. The van der Waals surface area contributed by atoms with Gasteiger partial charge >= 0.3 is 0 Å². The number of benzene rings is 1. The predicted molar refractivity (Wildman–Crippen MR) is 91.5 cm³/mol. The molecule has 2 fully saturated rings. The Hall–Kier alpha value is -1.10. The number of carbonyl (C=O) groups excluding carboxylic acids is 1. The normalized spacial score (nSPS) is 25.9. The lowest BCUT2D eigenvalue weighted by Crippen LogP contribution is -2.41. The maximum atomic E-state index is 12.5. The van der Waals surface area contributed by atoms with Gasteiger partial charge in [-0.25, -0.2) is 0 Å². The van der Waals surface area contributed by atoms with Crippen molar-refractivity contribution in [3.63, 3.8) is 0 Å². The first-order valence-electron chi connectivity index (χ1n) is 8.46. The molecule has 2 saturated heterocycles. The zero-order valence-electron chi connectivity index (χ0n) is 13.7. The lowest BCUT2D eigenvalue weighted by molar-refractivity contribution is -0.131. The van der Waals surface area contributed by atoms with Crippen LogP contribution in [-0.4, -0.2) is 54.6 Å². The van der Waals surface area contributed by atoms with Gasteiger partial charge in [0.25, 0.3) is 0 Å². The molecule has 2 aliphatic rings. The van der Waals surface area contributed by atoms with Crippen molar-refractivity contribution in [3.05, 3.63) is 34.9 Å². The standard InChI is InChI=1S/C18H25ClN2O2/c1-20(16-9-11-23-13-16)15-6-7-18(22)21(10-8-15)12-14-4-2-3-5-17(14)19/h2-5,15-16H,6-13H2,1H3. The minimum Gasteiger partial charge on any atom is -0.380 e. The van der Waals surface area contributed by atoms with Crippen LogP contribution in [0.1, 0.15) is 31.2 Å². The highest BCUT2D eigenvalue weighted by molar-refractivity contribution is 6.31. The topological polar surface area (TPSA) is 32.8 Å². The molecule has 0 N–H and O–H groups in total. The summed E-state index contributed by atoms with van der Waals surface area (Å²) in [6.07, 6.45) is 3.67. The fourth-order valence-electron chi connectivity index (χ4n) is 3.57. The summed E-state index contributed by atoms with van der Waals surface area (Å²) in [7, 11) is 2.18. The first-order chi connectivity index (χ1) is 11.1. The summed E-state index contributed by atoms with van der Waals surface area (Å²) in [6.45, 7) is 3.09. The van der Waals surface area contributed by atoms with Gasteiger partial charge in [-0.2, -0.15) is 0 Å². The van der Waals surface area contributed by atoms with Crippen LogP contribution in [0.3, 0.4) is 0 Å². The molecule has 2 unspecified atom stereocenters. The number of carbonyl (C=O) groups is 1. The second-order valence-electron chi connectivity index (χ2n) is 6.57. The van der Waals surface area contributed by atoms with Crippen LogP contribution < -0.4 is 0 Å². The van der Waals surface area contributed by atoms with Gasteiger partial charge in [-0.3, -0.25) is 9.69 Å². The molecule has 126 valence electrons. The van der Waals surface area contributed by atoms with Crippen LogP contribution in [0.4, 0.5) is 0 Å². The van der Waals surface area contributed by atoms with Crippen LogP contribution >= 0.6 is 11.6 Å². The Morgan fingerprint density at radius 3 is 2.83 bits per heavy atom. The summed E-state index contributed by atoms with van der Waals surface area (Å²) >= 11 is 6.24. The van der Waals surface area contributed by atoms with E-state index in [1.165, 1.54) is 0 Å². The highest BCUT2D eigenvalue weighted by Gasteiger charge is 2.30. The summed E-state index contributed by atoms with van der Waals surface area (Å²) in [4.78, 5) is 16.8. The molecule has 0 spiro atoms. The third-order valence-corrected chi connectivity index (χ3v) is 5.52. The fraction of sp³-hybridized carbons (Fsp3) is 0.611. The third-order valence-electron chi connectivity index (χ3n) is 5.15. The van der Waals surface area contributed by atoms with Gasteiger partial charge in [-0.05, 0) is 37.9 Å². The number of ether oxygens (including phenoxy) is 1. The Morgan fingerprint density at radius 2 is 2.09 bits per heavy atom. The number of hydrogen-bond donors (Lipinski definition) is 0. The molecule has 4 nitrogen and oxygen atoms in total. The van der Waals surface area contributed by atoms with Crippen LogP contribution in [-0.2, 0) is 16.1 Å². The van der Waals surface area contributed by atoms with E-state index in [1.54, 1.807) is 0 Å². The minimum atomic E-state index is 0.239. The first kappa shape index (κ1) is 16.7. The van der Waals surface area contributed by atoms with E-state index in [4.69, 9.17) is 16.3 Å². The van der Waals surface area contributed by atoms with E-state index < -0.39 is 0 Å². The molecule has 0 bridgehead atoms. The van der Waals surface area contributed by atoms with Gasteiger partial charge in [0, 0.05) is 43.2 Å². The molecule has 3 rings (SSSR count). The van der Waals surface area contributed by atoms with E-state index in [0.29, 0.717) is 25.0 Å². The van der Waals surface area contributed by atoms with E-state index in [1.807, 2.05) is 29.2 Å². The quantitative estimate of drug-likeness (QED) is 0.847. The number of rotatable bonds is 4. The third kappa shape index (κ3) is 4.06. The van der Waals surface area contributed by atoms with Crippen LogP contribution in [0, 0.1) is 0 Å². The summed E-state index contributed by atoms with van der Waals surface area (Å²) in [5.41, 5.74) is 1.03. The van der Waals surface area contributed by atoms with Crippen LogP contribution in [0.5, 0.6) is 0 Å². The second kappa shape index (κ2) is 7.65. The molecule has 0 aliphatic carbocycles. The fourth-order valence-corrected chi connectivity index (χ4v) is 3.77. The van der Waals surface area contributed by atoms with Crippen molar-refractivity contribution >= 4 is 17.5 Å². The highest BCUT2D eigenvalue weighted by Crippen LogP contribution is 2.24. The molecule has 1 aromatic carbocycles. The van der Waals surface area contributed by atoms with Gasteiger partial charge in [0.2, 0.25) is 5.91 Å². The molecule has 0 radical (unpaired) electrons. The van der Waals surface area contributed by atoms with Gasteiger partial charge in [0.1, 0.15) is 0 Å². The van der Waals surface area contributed by atoms with Crippen LogP contribution in [0.15, 0.2) is 24.3 Å². The van der Waals surface area contributed by atoms with E-state index >= 15 is 0 Å². The Kier molecular flexibility index (Phi) is 5.57. The highest BCUT2D eigenvalue weighted by atomic mass is 35.5. The molecule has 2 aliphatic heterocycles. The number of nitrogens with zero attached hydrogens (tertiary/aromatic N) is 2. The molecule has 1 amide bonds. The lowest BCUT2D eigenvalue weighted by atomic mass is 10.1.